The van der Waals surface area contributed by atoms with Gasteiger partial charge in [0.15, 0.2) is 5.96 Å². The zero-order valence-electron chi connectivity index (χ0n) is 13.6. The van der Waals surface area contributed by atoms with E-state index in [2.05, 4.69) is 10.3 Å². The van der Waals surface area contributed by atoms with Gasteiger partial charge in [-0.25, -0.2) is 0 Å². The molecule has 130 valence electrons. The van der Waals surface area contributed by atoms with Gasteiger partial charge in [-0.2, -0.15) is 13.2 Å². The molecule has 0 saturated carbocycles. The Morgan fingerprint density at radius 1 is 1.23 bits per heavy atom. The molecule has 0 aliphatic carbocycles. The number of nitrogens with one attached hydrogen (secondary N) is 1. The molecule has 1 heterocycles. The quantitative estimate of drug-likeness (QED) is 0.457. The summed E-state index contributed by atoms with van der Waals surface area (Å²) < 4.78 is 43.5. The number of halogens is 3. The molecule has 0 radical (unpaired) electrons. The Morgan fingerprint density at radius 2 is 1.86 bits per heavy atom. The second-order valence-electron chi connectivity index (χ2n) is 5.17. The van der Waals surface area contributed by atoms with Gasteiger partial charge in [0, 0.05) is 39.3 Å². The summed E-state index contributed by atoms with van der Waals surface area (Å²) >= 11 is 0. The van der Waals surface area contributed by atoms with E-state index in [0.29, 0.717) is 45.9 Å². The molecule has 1 unspecified atom stereocenters. The van der Waals surface area contributed by atoms with Crippen LogP contribution in [0.3, 0.4) is 0 Å². The van der Waals surface area contributed by atoms with E-state index in [0.717, 1.165) is 12.5 Å². The molecule has 1 atom stereocenters. The third-order valence-electron chi connectivity index (χ3n) is 3.67. The van der Waals surface area contributed by atoms with Crippen LogP contribution in [0.5, 0.6) is 0 Å². The van der Waals surface area contributed by atoms with Crippen molar-refractivity contribution < 1.29 is 17.9 Å². The highest BCUT2D eigenvalue weighted by Gasteiger charge is 2.41. The second kappa shape index (κ2) is 9.19. The van der Waals surface area contributed by atoms with Crippen LogP contribution in [0.25, 0.3) is 0 Å². The lowest BCUT2D eigenvalue weighted by molar-refractivity contribution is -0.181. The van der Waals surface area contributed by atoms with Crippen molar-refractivity contribution in [1.29, 1.82) is 0 Å². The second-order valence-corrected chi connectivity index (χ2v) is 5.17. The Bertz CT molecular complexity index is 341. The molecule has 1 fully saturated rings. The van der Waals surface area contributed by atoms with Gasteiger partial charge in [0.05, 0.1) is 13.2 Å². The van der Waals surface area contributed by atoms with Crippen molar-refractivity contribution in [3.05, 3.63) is 0 Å². The highest BCUT2D eigenvalue weighted by molar-refractivity contribution is 5.80. The molecule has 1 saturated heterocycles. The van der Waals surface area contributed by atoms with E-state index in [1.54, 1.807) is 0 Å². The zero-order valence-corrected chi connectivity index (χ0v) is 13.6. The molecular formula is C14H27F3N4O. The monoisotopic (exact) mass is 324 g/mol. The number of rotatable bonds is 6. The Hall–Kier alpha value is -1.02. The maximum Gasteiger partial charge on any atom is 0.403 e. The normalized spacial score (nSPS) is 19.4. The van der Waals surface area contributed by atoms with E-state index in [9.17, 15) is 13.2 Å². The fraction of sp³-hybridized carbons (Fsp3) is 0.929. The topological polar surface area (TPSA) is 40.1 Å². The Balaban J connectivity index is 2.52. The van der Waals surface area contributed by atoms with Crippen molar-refractivity contribution in [3.8, 4) is 0 Å². The predicted molar refractivity (Wildman–Crippen MR) is 81.1 cm³/mol. The van der Waals surface area contributed by atoms with Crippen molar-refractivity contribution in [2.45, 2.75) is 33.0 Å². The summed E-state index contributed by atoms with van der Waals surface area (Å²) in [6, 6.07) is -1.40. The summed E-state index contributed by atoms with van der Waals surface area (Å²) in [6.45, 7) is 9.46. The van der Waals surface area contributed by atoms with Gasteiger partial charge in [-0.1, -0.05) is 0 Å². The van der Waals surface area contributed by atoms with Gasteiger partial charge in [-0.15, -0.1) is 0 Å². The van der Waals surface area contributed by atoms with E-state index >= 15 is 0 Å². The summed E-state index contributed by atoms with van der Waals surface area (Å²) in [5, 5.41) is 3.18. The van der Waals surface area contributed by atoms with Crippen molar-refractivity contribution in [2.75, 3.05) is 52.5 Å². The zero-order chi connectivity index (χ0) is 16.6. The average Bonchev–Trinajstić information content (AvgIpc) is 2.49. The summed E-state index contributed by atoms with van der Waals surface area (Å²) in [6.07, 6.45) is -4.17. The number of guanidine groups is 1. The standard InChI is InChI=1S/C14H27F3N4O/c1-4-18-13(19-6-11-22-5-2)21-9-7-20(8-10-21)12(3)14(15,16)17/h12H,4-11H2,1-3H3,(H,18,19). The lowest BCUT2D eigenvalue weighted by Gasteiger charge is -2.39. The molecule has 1 aliphatic rings. The van der Waals surface area contributed by atoms with E-state index < -0.39 is 12.2 Å². The first-order valence-corrected chi connectivity index (χ1v) is 7.81. The van der Waals surface area contributed by atoms with Gasteiger partial charge in [0.1, 0.15) is 6.04 Å². The number of alkyl halides is 3. The maximum absolute atomic E-state index is 12.7. The molecule has 8 heteroatoms. The number of hydrogen-bond donors (Lipinski definition) is 1. The van der Waals surface area contributed by atoms with Gasteiger partial charge < -0.3 is 15.0 Å². The Labute approximate surface area is 130 Å². The molecule has 22 heavy (non-hydrogen) atoms. The molecule has 0 spiro atoms. The number of hydrogen-bond acceptors (Lipinski definition) is 3. The average molecular weight is 324 g/mol. The number of aliphatic imine (C=N–C) groups is 1. The summed E-state index contributed by atoms with van der Waals surface area (Å²) in [7, 11) is 0. The largest absolute Gasteiger partial charge is 0.403 e. The minimum atomic E-state index is -4.17. The number of nitrogens with zero attached hydrogens (tertiary/aromatic N) is 3. The van der Waals surface area contributed by atoms with Crippen LogP contribution in [0.2, 0.25) is 0 Å². The van der Waals surface area contributed by atoms with Crippen LogP contribution in [0.15, 0.2) is 4.99 Å². The predicted octanol–water partition coefficient (Wildman–Crippen LogP) is 1.56. The molecule has 0 bridgehead atoms. The van der Waals surface area contributed by atoms with Crippen molar-refractivity contribution in [3.63, 3.8) is 0 Å². The molecule has 0 aromatic heterocycles. The van der Waals surface area contributed by atoms with Crippen LogP contribution in [0.4, 0.5) is 13.2 Å². The lowest BCUT2D eigenvalue weighted by atomic mass is 10.2. The van der Waals surface area contributed by atoms with E-state index in [1.165, 1.54) is 11.8 Å². The molecular weight excluding hydrogens is 297 g/mol. The summed E-state index contributed by atoms with van der Waals surface area (Å²) in [5.41, 5.74) is 0. The van der Waals surface area contributed by atoms with Crippen LogP contribution in [0.1, 0.15) is 20.8 Å². The molecule has 1 aliphatic heterocycles. The van der Waals surface area contributed by atoms with Crippen LogP contribution in [-0.4, -0.2) is 80.5 Å². The number of ether oxygens (including phenoxy) is 1. The molecule has 5 nitrogen and oxygen atoms in total. The SMILES string of the molecule is CCNC(=NCCOCC)N1CCN(C(C)C(F)(F)F)CC1. The van der Waals surface area contributed by atoms with Crippen LogP contribution < -0.4 is 5.32 Å². The lowest BCUT2D eigenvalue weighted by Crippen LogP contribution is -2.56. The van der Waals surface area contributed by atoms with Gasteiger partial charge in [0.25, 0.3) is 0 Å². The third kappa shape index (κ3) is 6.00. The van der Waals surface area contributed by atoms with Gasteiger partial charge in [-0.3, -0.25) is 9.89 Å². The smallest absolute Gasteiger partial charge is 0.380 e. The van der Waals surface area contributed by atoms with Crippen molar-refractivity contribution in [1.82, 2.24) is 15.1 Å². The highest BCUT2D eigenvalue weighted by Crippen LogP contribution is 2.25. The first kappa shape index (κ1) is 19.0. The van der Waals surface area contributed by atoms with E-state index in [4.69, 9.17) is 4.74 Å². The Kier molecular flexibility index (Phi) is 7.95. The fourth-order valence-corrected chi connectivity index (χ4v) is 2.31. The van der Waals surface area contributed by atoms with Gasteiger partial charge >= 0.3 is 6.18 Å². The van der Waals surface area contributed by atoms with E-state index in [-0.39, 0.29) is 0 Å². The molecule has 0 amide bonds. The molecule has 1 N–H and O–H groups in total. The third-order valence-corrected chi connectivity index (χ3v) is 3.67. The molecule has 1 rings (SSSR count). The van der Waals surface area contributed by atoms with Crippen LogP contribution in [0, 0.1) is 0 Å². The first-order valence-electron chi connectivity index (χ1n) is 7.81. The minimum absolute atomic E-state index is 0.385. The molecule has 0 aromatic carbocycles. The number of piperazine rings is 1. The van der Waals surface area contributed by atoms with Crippen LogP contribution in [-0.2, 0) is 4.74 Å². The summed E-state index contributed by atoms with van der Waals surface area (Å²) in [4.78, 5) is 7.94. The van der Waals surface area contributed by atoms with Gasteiger partial charge in [0.2, 0.25) is 0 Å². The molecule has 0 aromatic rings. The van der Waals surface area contributed by atoms with Crippen LogP contribution >= 0.6 is 0 Å². The van der Waals surface area contributed by atoms with Crippen molar-refractivity contribution in [2.24, 2.45) is 4.99 Å². The van der Waals surface area contributed by atoms with Gasteiger partial charge in [-0.05, 0) is 20.8 Å². The first-order chi connectivity index (χ1) is 10.4. The Morgan fingerprint density at radius 3 is 2.36 bits per heavy atom. The van der Waals surface area contributed by atoms with Crippen molar-refractivity contribution >= 4 is 5.96 Å². The minimum Gasteiger partial charge on any atom is -0.380 e. The van der Waals surface area contributed by atoms with E-state index in [1.807, 2.05) is 18.7 Å². The fourth-order valence-electron chi connectivity index (χ4n) is 2.31. The maximum atomic E-state index is 12.7. The highest BCUT2D eigenvalue weighted by atomic mass is 19.4. The summed E-state index contributed by atoms with van der Waals surface area (Å²) in [5.74, 6) is 0.751.